The SMILES string of the molecule is N#Cc1ccccc1COC(=O)c1cc(Br)ccc1O. The van der Waals surface area contributed by atoms with E-state index in [0.29, 0.717) is 15.6 Å². The molecule has 0 aromatic heterocycles. The lowest BCUT2D eigenvalue weighted by Gasteiger charge is -2.07. The maximum Gasteiger partial charge on any atom is 0.342 e. The molecule has 20 heavy (non-hydrogen) atoms. The molecule has 0 atom stereocenters. The maximum absolute atomic E-state index is 11.9. The summed E-state index contributed by atoms with van der Waals surface area (Å²) < 4.78 is 5.79. The fraction of sp³-hybridized carbons (Fsp3) is 0.0667. The number of hydrogen-bond acceptors (Lipinski definition) is 4. The van der Waals surface area contributed by atoms with Crippen LogP contribution in [0.5, 0.6) is 5.75 Å². The molecule has 0 bridgehead atoms. The molecule has 0 radical (unpaired) electrons. The van der Waals surface area contributed by atoms with Crippen LogP contribution in [-0.4, -0.2) is 11.1 Å². The van der Waals surface area contributed by atoms with Crippen molar-refractivity contribution in [3.8, 4) is 11.8 Å². The molecular formula is C15H10BrNO3. The summed E-state index contributed by atoms with van der Waals surface area (Å²) >= 11 is 3.22. The van der Waals surface area contributed by atoms with Crippen LogP contribution < -0.4 is 0 Å². The number of hydrogen-bond donors (Lipinski definition) is 1. The third-order valence-electron chi connectivity index (χ3n) is 2.68. The minimum absolute atomic E-state index is 0.0193. The van der Waals surface area contributed by atoms with E-state index in [4.69, 9.17) is 10.00 Å². The number of aromatic hydroxyl groups is 1. The number of carbonyl (C=O) groups is 1. The quantitative estimate of drug-likeness (QED) is 0.875. The lowest BCUT2D eigenvalue weighted by atomic mass is 10.1. The Morgan fingerprint density at radius 1 is 1.30 bits per heavy atom. The molecule has 2 aromatic carbocycles. The van der Waals surface area contributed by atoms with Gasteiger partial charge in [0.1, 0.15) is 17.9 Å². The first kappa shape index (κ1) is 14.1. The van der Waals surface area contributed by atoms with Gasteiger partial charge in [0, 0.05) is 10.0 Å². The minimum atomic E-state index is -0.642. The molecular weight excluding hydrogens is 322 g/mol. The molecule has 100 valence electrons. The molecule has 0 aliphatic carbocycles. The summed E-state index contributed by atoms with van der Waals surface area (Å²) in [7, 11) is 0. The van der Waals surface area contributed by atoms with Gasteiger partial charge >= 0.3 is 5.97 Å². The van der Waals surface area contributed by atoms with E-state index < -0.39 is 5.97 Å². The molecule has 0 aliphatic rings. The fourth-order valence-corrected chi connectivity index (χ4v) is 2.01. The first-order chi connectivity index (χ1) is 9.61. The molecule has 0 saturated carbocycles. The molecule has 2 aromatic rings. The van der Waals surface area contributed by atoms with Crippen LogP contribution in [0, 0.1) is 11.3 Å². The van der Waals surface area contributed by atoms with Crippen molar-refractivity contribution in [3.63, 3.8) is 0 Å². The Hall–Kier alpha value is -2.32. The zero-order chi connectivity index (χ0) is 14.5. The van der Waals surface area contributed by atoms with Crippen molar-refractivity contribution in [2.24, 2.45) is 0 Å². The standard InChI is InChI=1S/C15H10BrNO3/c16-12-5-6-14(18)13(7-12)15(19)20-9-11-4-2-1-3-10(11)8-17/h1-7,18H,9H2. The summed E-state index contributed by atoms with van der Waals surface area (Å²) in [6, 6.07) is 13.4. The summed E-state index contributed by atoms with van der Waals surface area (Å²) in [4.78, 5) is 11.9. The van der Waals surface area contributed by atoms with Gasteiger partial charge in [0.25, 0.3) is 0 Å². The van der Waals surface area contributed by atoms with Crippen molar-refractivity contribution < 1.29 is 14.6 Å². The van der Waals surface area contributed by atoms with Crippen LogP contribution in [0.3, 0.4) is 0 Å². The molecule has 0 aliphatic heterocycles. The number of phenols is 1. The molecule has 0 amide bonds. The minimum Gasteiger partial charge on any atom is -0.507 e. The van der Waals surface area contributed by atoms with Crippen molar-refractivity contribution in [2.45, 2.75) is 6.61 Å². The van der Waals surface area contributed by atoms with E-state index in [1.807, 2.05) is 6.07 Å². The number of halogens is 1. The van der Waals surface area contributed by atoms with Crippen LogP contribution in [0.15, 0.2) is 46.9 Å². The first-order valence-electron chi connectivity index (χ1n) is 5.75. The van der Waals surface area contributed by atoms with Gasteiger partial charge in [-0.25, -0.2) is 4.79 Å². The highest BCUT2D eigenvalue weighted by molar-refractivity contribution is 9.10. The molecule has 2 rings (SSSR count). The van der Waals surface area contributed by atoms with Gasteiger partial charge in [-0.05, 0) is 24.3 Å². The van der Waals surface area contributed by atoms with Crippen molar-refractivity contribution in [1.29, 1.82) is 5.26 Å². The van der Waals surface area contributed by atoms with Crippen molar-refractivity contribution in [3.05, 3.63) is 63.6 Å². The predicted octanol–water partition coefficient (Wildman–Crippen LogP) is 3.38. The molecule has 0 spiro atoms. The summed E-state index contributed by atoms with van der Waals surface area (Å²) in [5, 5.41) is 18.6. The maximum atomic E-state index is 11.9. The largest absolute Gasteiger partial charge is 0.507 e. The van der Waals surface area contributed by atoms with Crippen LogP contribution in [0.4, 0.5) is 0 Å². The van der Waals surface area contributed by atoms with Crippen molar-refractivity contribution in [2.75, 3.05) is 0 Å². The molecule has 0 heterocycles. The third kappa shape index (κ3) is 3.16. The average Bonchev–Trinajstić information content (AvgIpc) is 2.47. The molecule has 4 nitrogen and oxygen atoms in total. The number of esters is 1. The second-order valence-electron chi connectivity index (χ2n) is 4.01. The molecule has 1 N–H and O–H groups in total. The Bertz CT molecular complexity index is 692. The highest BCUT2D eigenvalue weighted by Crippen LogP contribution is 2.23. The van der Waals surface area contributed by atoms with Gasteiger partial charge in [0.05, 0.1) is 11.6 Å². The van der Waals surface area contributed by atoms with Gasteiger partial charge in [-0.3, -0.25) is 0 Å². The number of rotatable bonds is 3. The molecule has 5 heteroatoms. The van der Waals surface area contributed by atoms with E-state index in [1.54, 1.807) is 30.3 Å². The van der Waals surface area contributed by atoms with E-state index in [9.17, 15) is 9.90 Å². The van der Waals surface area contributed by atoms with Crippen molar-refractivity contribution >= 4 is 21.9 Å². The second-order valence-corrected chi connectivity index (χ2v) is 4.92. The Kier molecular flexibility index (Phi) is 4.38. The van der Waals surface area contributed by atoms with Crippen LogP contribution in [-0.2, 0) is 11.3 Å². The van der Waals surface area contributed by atoms with Crippen LogP contribution >= 0.6 is 15.9 Å². The normalized spacial score (nSPS) is 9.80. The Labute approximate surface area is 124 Å². The van der Waals surface area contributed by atoms with E-state index in [0.717, 1.165) is 0 Å². The highest BCUT2D eigenvalue weighted by atomic mass is 79.9. The molecule has 0 fully saturated rings. The van der Waals surface area contributed by atoms with E-state index in [1.165, 1.54) is 12.1 Å². The molecule has 0 unspecified atom stereocenters. The number of nitriles is 1. The number of benzene rings is 2. The van der Waals surface area contributed by atoms with E-state index in [2.05, 4.69) is 15.9 Å². The zero-order valence-corrected chi connectivity index (χ0v) is 11.9. The first-order valence-corrected chi connectivity index (χ1v) is 6.55. The smallest absolute Gasteiger partial charge is 0.342 e. The van der Waals surface area contributed by atoms with Gasteiger partial charge in [0.2, 0.25) is 0 Å². The van der Waals surface area contributed by atoms with Gasteiger partial charge in [-0.1, -0.05) is 34.1 Å². The van der Waals surface area contributed by atoms with Gasteiger partial charge in [0.15, 0.2) is 0 Å². The van der Waals surface area contributed by atoms with Gasteiger partial charge in [-0.2, -0.15) is 5.26 Å². The summed E-state index contributed by atoms with van der Waals surface area (Å²) in [5.41, 5.74) is 1.16. The monoisotopic (exact) mass is 331 g/mol. The Morgan fingerprint density at radius 3 is 2.80 bits per heavy atom. The second kappa shape index (κ2) is 6.22. The van der Waals surface area contributed by atoms with Gasteiger partial charge < -0.3 is 9.84 Å². The van der Waals surface area contributed by atoms with Crippen LogP contribution in [0.1, 0.15) is 21.5 Å². The van der Waals surface area contributed by atoms with E-state index in [-0.39, 0.29) is 17.9 Å². The summed E-state index contributed by atoms with van der Waals surface area (Å²) in [6.07, 6.45) is 0. The Balaban J connectivity index is 2.13. The van der Waals surface area contributed by atoms with Crippen LogP contribution in [0.25, 0.3) is 0 Å². The predicted molar refractivity (Wildman–Crippen MR) is 76.1 cm³/mol. The summed E-state index contributed by atoms with van der Waals surface area (Å²) in [6.45, 7) is -0.0193. The van der Waals surface area contributed by atoms with E-state index >= 15 is 0 Å². The number of carbonyl (C=O) groups excluding carboxylic acids is 1. The Morgan fingerprint density at radius 2 is 2.05 bits per heavy atom. The number of phenolic OH excluding ortho intramolecular Hbond substituents is 1. The topological polar surface area (TPSA) is 70.3 Å². The van der Waals surface area contributed by atoms with Crippen molar-refractivity contribution in [1.82, 2.24) is 0 Å². The summed E-state index contributed by atoms with van der Waals surface area (Å²) in [5.74, 6) is -0.789. The average molecular weight is 332 g/mol. The highest BCUT2D eigenvalue weighted by Gasteiger charge is 2.14. The number of ether oxygens (including phenoxy) is 1. The van der Waals surface area contributed by atoms with Gasteiger partial charge in [-0.15, -0.1) is 0 Å². The van der Waals surface area contributed by atoms with Crippen LogP contribution in [0.2, 0.25) is 0 Å². The lowest BCUT2D eigenvalue weighted by molar-refractivity contribution is 0.0469. The third-order valence-corrected chi connectivity index (χ3v) is 3.17. The molecule has 0 saturated heterocycles. The zero-order valence-electron chi connectivity index (χ0n) is 10.3. The number of nitrogens with zero attached hydrogens (tertiary/aromatic N) is 1. The fourth-order valence-electron chi connectivity index (χ4n) is 1.65. The lowest BCUT2D eigenvalue weighted by Crippen LogP contribution is -2.06.